The molecular formula is C24H33ClN2O4S. The minimum atomic E-state index is -3.14. The molecule has 32 heavy (non-hydrogen) atoms. The lowest BCUT2D eigenvalue weighted by molar-refractivity contribution is 0.0935. The highest BCUT2D eigenvalue weighted by Gasteiger charge is 2.48. The van der Waals surface area contributed by atoms with E-state index in [1.807, 2.05) is 0 Å². The number of ether oxygens (including phenoxy) is 1. The summed E-state index contributed by atoms with van der Waals surface area (Å²) in [6, 6.07) is 4.95. The summed E-state index contributed by atoms with van der Waals surface area (Å²) in [7, 11) is -3.14. The number of benzene rings is 1. The summed E-state index contributed by atoms with van der Waals surface area (Å²) in [5.41, 5.74) is 7.26. The van der Waals surface area contributed by atoms with Crippen LogP contribution in [0, 0.1) is 23.2 Å². The molecule has 3 N–H and O–H groups in total. The van der Waals surface area contributed by atoms with Crippen molar-refractivity contribution in [1.29, 1.82) is 0 Å². The summed E-state index contributed by atoms with van der Waals surface area (Å²) in [5.74, 6) is 2.76. The largest absolute Gasteiger partial charge is 0.494 e. The van der Waals surface area contributed by atoms with Crippen molar-refractivity contribution in [3.8, 4) is 5.75 Å². The fraction of sp³-hybridized carbons (Fsp3) is 0.625. The number of carbonyl (C=O) groups excluding carboxylic acids is 1. The first-order valence-electron chi connectivity index (χ1n) is 11.5. The first-order valence-corrected chi connectivity index (χ1v) is 13.7. The Kier molecular flexibility index (Phi) is 6.89. The molecule has 2 fully saturated rings. The highest BCUT2D eigenvalue weighted by molar-refractivity contribution is 7.91. The number of rotatable bonds is 10. The van der Waals surface area contributed by atoms with Gasteiger partial charge < -0.3 is 15.8 Å². The average molecular weight is 481 g/mol. The van der Waals surface area contributed by atoms with E-state index < -0.39 is 9.84 Å². The zero-order valence-corrected chi connectivity index (χ0v) is 20.2. The Bertz CT molecular complexity index is 1010. The van der Waals surface area contributed by atoms with Gasteiger partial charge in [-0.1, -0.05) is 30.2 Å². The van der Waals surface area contributed by atoms with Crippen molar-refractivity contribution in [2.24, 2.45) is 28.9 Å². The monoisotopic (exact) mass is 480 g/mol. The second-order valence-corrected chi connectivity index (χ2v) is 12.7. The molecule has 0 heterocycles. The lowest BCUT2D eigenvalue weighted by Crippen LogP contribution is -2.37. The molecule has 0 spiro atoms. The van der Waals surface area contributed by atoms with Gasteiger partial charge in [0, 0.05) is 18.5 Å². The molecule has 4 unspecified atom stereocenters. The first kappa shape index (κ1) is 23.6. The Morgan fingerprint density at radius 2 is 2.12 bits per heavy atom. The van der Waals surface area contributed by atoms with Crippen LogP contribution in [0.2, 0.25) is 5.02 Å². The predicted octanol–water partition coefficient (Wildman–Crippen LogP) is 3.59. The molecule has 2 bridgehead atoms. The van der Waals surface area contributed by atoms with Crippen molar-refractivity contribution in [3.05, 3.63) is 40.4 Å². The zero-order valence-electron chi connectivity index (χ0n) is 18.6. The molecular weight excluding hydrogens is 448 g/mol. The zero-order chi connectivity index (χ0) is 22.9. The topological polar surface area (TPSA) is 98.5 Å². The second kappa shape index (κ2) is 9.35. The van der Waals surface area contributed by atoms with Gasteiger partial charge in [0.1, 0.15) is 5.75 Å². The van der Waals surface area contributed by atoms with E-state index in [9.17, 15) is 13.2 Å². The molecule has 0 aliphatic heterocycles. The third kappa shape index (κ3) is 5.32. The van der Waals surface area contributed by atoms with Crippen LogP contribution in [0.25, 0.3) is 0 Å². The smallest absolute Gasteiger partial charge is 0.252 e. The molecule has 6 nitrogen and oxygen atoms in total. The maximum Gasteiger partial charge on any atom is 0.252 e. The van der Waals surface area contributed by atoms with E-state index in [0.717, 1.165) is 24.2 Å². The van der Waals surface area contributed by atoms with Crippen molar-refractivity contribution in [2.75, 3.05) is 31.2 Å². The Balaban J connectivity index is 1.32. The third-order valence-electron chi connectivity index (χ3n) is 7.19. The van der Waals surface area contributed by atoms with Crippen LogP contribution in [0.3, 0.4) is 0 Å². The highest BCUT2D eigenvalue weighted by Crippen LogP contribution is 2.58. The number of fused-ring (bicyclic) bond motifs is 1. The van der Waals surface area contributed by atoms with Crippen LogP contribution >= 0.6 is 11.6 Å². The number of carbonyl (C=O) groups is 1. The molecule has 0 aromatic heterocycles. The Labute approximate surface area is 195 Å². The Morgan fingerprint density at radius 3 is 2.91 bits per heavy atom. The van der Waals surface area contributed by atoms with Crippen LogP contribution in [0.15, 0.2) is 29.8 Å². The van der Waals surface area contributed by atoms with Gasteiger partial charge in [-0.3, -0.25) is 4.79 Å². The summed E-state index contributed by atoms with van der Waals surface area (Å²) >= 11 is 6.29. The van der Waals surface area contributed by atoms with Crippen LogP contribution in [-0.4, -0.2) is 45.5 Å². The molecule has 8 heteroatoms. The number of halogens is 1. The van der Waals surface area contributed by atoms with E-state index in [0.29, 0.717) is 29.3 Å². The van der Waals surface area contributed by atoms with E-state index in [-0.39, 0.29) is 36.0 Å². The number of amides is 1. The number of sulfone groups is 1. The fourth-order valence-corrected chi connectivity index (χ4v) is 7.06. The SMILES string of the molecule is CC1(CNC(=O)c2cc(OCCCS(=O)(=O)CCN)ccc2Cl)C=C2CC3CC(CC23)C1. The minimum absolute atomic E-state index is 0.0180. The van der Waals surface area contributed by atoms with Crippen molar-refractivity contribution < 1.29 is 17.9 Å². The summed E-state index contributed by atoms with van der Waals surface area (Å²) in [4.78, 5) is 12.9. The molecule has 176 valence electrons. The molecule has 1 aromatic carbocycles. The molecule has 1 amide bonds. The number of nitrogens with one attached hydrogen (secondary N) is 1. The van der Waals surface area contributed by atoms with Crippen molar-refractivity contribution in [2.45, 2.75) is 39.0 Å². The molecule has 1 aromatic rings. The fourth-order valence-electron chi connectivity index (χ4n) is 5.73. The van der Waals surface area contributed by atoms with E-state index >= 15 is 0 Å². The molecule has 0 radical (unpaired) electrons. The number of allylic oxidation sites excluding steroid dienone is 1. The van der Waals surface area contributed by atoms with Gasteiger partial charge in [-0.15, -0.1) is 0 Å². The van der Waals surface area contributed by atoms with E-state index in [2.05, 4.69) is 18.3 Å². The van der Waals surface area contributed by atoms with Crippen molar-refractivity contribution in [3.63, 3.8) is 0 Å². The lowest BCUT2D eigenvalue weighted by atomic mass is 9.67. The average Bonchev–Trinajstić information content (AvgIpc) is 2.98. The first-order chi connectivity index (χ1) is 15.2. The summed E-state index contributed by atoms with van der Waals surface area (Å²) in [5, 5.41) is 3.46. The summed E-state index contributed by atoms with van der Waals surface area (Å²) in [6.07, 6.45) is 7.80. The van der Waals surface area contributed by atoms with Gasteiger partial charge >= 0.3 is 0 Å². The molecule has 4 rings (SSSR count). The van der Waals surface area contributed by atoms with Crippen LogP contribution in [0.1, 0.15) is 49.4 Å². The van der Waals surface area contributed by atoms with Crippen LogP contribution in [0.4, 0.5) is 0 Å². The van der Waals surface area contributed by atoms with E-state index in [1.54, 1.807) is 23.8 Å². The van der Waals surface area contributed by atoms with Gasteiger partial charge in [-0.05, 0) is 68.1 Å². The Morgan fingerprint density at radius 1 is 1.31 bits per heavy atom. The number of nitrogens with two attached hydrogens (primary N) is 1. The van der Waals surface area contributed by atoms with Gasteiger partial charge in [-0.2, -0.15) is 0 Å². The van der Waals surface area contributed by atoms with Gasteiger partial charge in [0.15, 0.2) is 9.84 Å². The molecule has 3 aliphatic carbocycles. The molecule has 3 aliphatic rings. The molecule has 2 saturated carbocycles. The van der Waals surface area contributed by atoms with Gasteiger partial charge in [0.2, 0.25) is 0 Å². The summed E-state index contributed by atoms with van der Waals surface area (Å²) < 4.78 is 29.1. The summed E-state index contributed by atoms with van der Waals surface area (Å²) in [6.45, 7) is 3.19. The number of hydrogen-bond acceptors (Lipinski definition) is 5. The normalized spacial score (nSPS) is 28.5. The Hall–Kier alpha value is -1.57. The maximum atomic E-state index is 12.9. The maximum absolute atomic E-state index is 12.9. The molecule has 0 saturated heterocycles. The molecule has 4 atom stereocenters. The van der Waals surface area contributed by atoms with E-state index in [1.165, 1.54) is 19.3 Å². The van der Waals surface area contributed by atoms with Gasteiger partial charge in [-0.25, -0.2) is 8.42 Å². The number of hydrogen-bond donors (Lipinski definition) is 2. The van der Waals surface area contributed by atoms with Crippen molar-refractivity contribution in [1.82, 2.24) is 5.32 Å². The van der Waals surface area contributed by atoms with E-state index in [4.69, 9.17) is 22.1 Å². The third-order valence-corrected chi connectivity index (χ3v) is 9.29. The quantitative estimate of drug-likeness (QED) is 0.394. The van der Waals surface area contributed by atoms with Crippen LogP contribution in [0.5, 0.6) is 5.75 Å². The lowest BCUT2D eigenvalue weighted by Gasteiger charge is -2.38. The van der Waals surface area contributed by atoms with Gasteiger partial charge in [0.25, 0.3) is 5.91 Å². The second-order valence-electron chi connectivity index (χ2n) is 9.95. The minimum Gasteiger partial charge on any atom is -0.494 e. The van der Waals surface area contributed by atoms with Crippen LogP contribution < -0.4 is 15.8 Å². The predicted molar refractivity (Wildman–Crippen MR) is 127 cm³/mol. The van der Waals surface area contributed by atoms with Crippen LogP contribution in [-0.2, 0) is 9.84 Å². The standard InChI is InChI=1S/C24H33ClN2O4S/c1-24(13-16-9-17-11-18(14-24)20(17)10-16)15-27-23(28)21-12-19(3-4-22(21)25)31-6-2-7-32(29,30)8-5-26/h3-4,12,14,16-17,20H,2,5-11,13,15,26H2,1H3,(H,27,28). The van der Waals surface area contributed by atoms with Gasteiger partial charge in [0.05, 0.1) is 28.7 Å². The van der Waals surface area contributed by atoms with Crippen molar-refractivity contribution >= 4 is 27.3 Å². The highest BCUT2D eigenvalue weighted by atomic mass is 35.5.